The van der Waals surface area contributed by atoms with Gasteiger partial charge >= 0.3 is 6.03 Å². The summed E-state index contributed by atoms with van der Waals surface area (Å²) in [7, 11) is 0. The van der Waals surface area contributed by atoms with E-state index in [9.17, 15) is 4.79 Å². The van der Waals surface area contributed by atoms with Crippen LogP contribution >= 0.6 is 0 Å². The molecule has 0 aromatic rings. The second kappa shape index (κ2) is 3.08. The van der Waals surface area contributed by atoms with Crippen LogP contribution in [0.2, 0.25) is 0 Å². The van der Waals surface area contributed by atoms with Gasteiger partial charge in [0.05, 0.1) is 0 Å². The highest BCUT2D eigenvalue weighted by molar-refractivity contribution is 5.91. The standard InChI is InChI=1S/C11H15N3O/c12-11(15)14-13-10-5-6-4-9(10)8-3-1-2-7(6)8/h1,3,6-9H,2,4-5H2,(H3,12,14,15). The van der Waals surface area contributed by atoms with E-state index in [-0.39, 0.29) is 0 Å². The van der Waals surface area contributed by atoms with Gasteiger partial charge < -0.3 is 5.73 Å². The molecule has 15 heavy (non-hydrogen) atoms. The van der Waals surface area contributed by atoms with Crippen LogP contribution in [0.4, 0.5) is 4.79 Å². The average molecular weight is 205 g/mol. The van der Waals surface area contributed by atoms with Crippen molar-refractivity contribution in [2.75, 3.05) is 0 Å². The zero-order chi connectivity index (χ0) is 10.4. The van der Waals surface area contributed by atoms with Gasteiger partial charge in [-0.15, -0.1) is 0 Å². The molecule has 0 spiro atoms. The first kappa shape index (κ1) is 8.95. The Morgan fingerprint density at radius 3 is 3.27 bits per heavy atom. The number of hydrogen-bond acceptors (Lipinski definition) is 2. The van der Waals surface area contributed by atoms with Crippen LogP contribution in [0, 0.1) is 23.7 Å². The maximum absolute atomic E-state index is 10.6. The molecule has 0 aromatic carbocycles. The lowest BCUT2D eigenvalue weighted by molar-refractivity contribution is 0.249. The van der Waals surface area contributed by atoms with Crippen molar-refractivity contribution in [1.29, 1.82) is 0 Å². The van der Waals surface area contributed by atoms with Crippen LogP contribution < -0.4 is 11.2 Å². The summed E-state index contributed by atoms with van der Waals surface area (Å²) >= 11 is 0. The second-order valence-electron chi connectivity index (χ2n) is 4.79. The van der Waals surface area contributed by atoms with Gasteiger partial charge in [0.15, 0.2) is 0 Å². The lowest BCUT2D eigenvalue weighted by Gasteiger charge is -2.25. The summed E-state index contributed by atoms with van der Waals surface area (Å²) < 4.78 is 0. The first-order chi connectivity index (χ1) is 7.25. The number of nitrogens with one attached hydrogen (secondary N) is 1. The molecule has 3 aliphatic rings. The summed E-state index contributed by atoms with van der Waals surface area (Å²) in [6, 6.07) is -0.566. The Morgan fingerprint density at radius 1 is 1.60 bits per heavy atom. The van der Waals surface area contributed by atoms with E-state index in [0.717, 1.165) is 24.0 Å². The fourth-order valence-corrected chi connectivity index (χ4v) is 3.56. The Labute approximate surface area is 88.6 Å². The van der Waals surface area contributed by atoms with Crippen LogP contribution in [0.1, 0.15) is 19.3 Å². The van der Waals surface area contributed by atoms with E-state index >= 15 is 0 Å². The fourth-order valence-electron chi connectivity index (χ4n) is 3.56. The summed E-state index contributed by atoms with van der Waals surface area (Å²) in [4.78, 5) is 10.6. The highest BCUT2D eigenvalue weighted by atomic mass is 16.2. The van der Waals surface area contributed by atoms with Crippen LogP contribution in [0.5, 0.6) is 0 Å². The number of primary amides is 1. The van der Waals surface area contributed by atoms with Crippen molar-refractivity contribution < 1.29 is 4.79 Å². The van der Waals surface area contributed by atoms with E-state index in [4.69, 9.17) is 5.73 Å². The third-order valence-electron chi connectivity index (χ3n) is 4.10. The minimum atomic E-state index is -0.566. The molecule has 3 aliphatic carbocycles. The van der Waals surface area contributed by atoms with E-state index in [0.29, 0.717) is 11.8 Å². The number of nitrogens with two attached hydrogens (primary N) is 1. The van der Waals surface area contributed by atoms with Gasteiger partial charge in [0, 0.05) is 11.6 Å². The van der Waals surface area contributed by atoms with Crippen molar-refractivity contribution in [3.8, 4) is 0 Å². The summed E-state index contributed by atoms with van der Waals surface area (Å²) in [6.45, 7) is 0. The predicted octanol–water partition coefficient (Wildman–Crippen LogP) is 1.24. The Hall–Kier alpha value is -1.32. The number of nitrogens with zero attached hydrogens (tertiary/aromatic N) is 1. The molecule has 4 unspecified atom stereocenters. The Morgan fingerprint density at radius 2 is 2.47 bits per heavy atom. The third-order valence-corrected chi connectivity index (χ3v) is 4.10. The van der Waals surface area contributed by atoms with Crippen molar-refractivity contribution in [2.24, 2.45) is 34.5 Å². The fraction of sp³-hybridized carbons (Fsp3) is 0.636. The highest BCUT2D eigenvalue weighted by Crippen LogP contribution is 2.55. The third kappa shape index (κ3) is 1.28. The molecule has 2 saturated carbocycles. The topological polar surface area (TPSA) is 67.5 Å². The maximum atomic E-state index is 10.6. The molecule has 0 aromatic heterocycles. The van der Waals surface area contributed by atoms with Gasteiger partial charge in [-0.1, -0.05) is 12.2 Å². The number of rotatable bonds is 1. The number of carbonyl (C=O) groups excluding carboxylic acids is 1. The molecule has 3 rings (SSSR count). The van der Waals surface area contributed by atoms with Crippen LogP contribution in [0.3, 0.4) is 0 Å². The molecule has 4 atom stereocenters. The molecule has 0 saturated heterocycles. The SMILES string of the molecule is NC(=O)NN=C1CC2CC1C1C=CCC21. The minimum absolute atomic E-state index is 0.561. The molecule has 0 aliphatic heterocycles. The zero-order valence-electron chi connectivity index (χ0n) is 8.52. The molecular weight excluding hydrogens is 190 g/mol. The largest absolute Gasteiger partial charge is 0.350 e. The van der Waals surface area contributed by atoms with E-state index in [1.165, 1.54) is 12.8 Å². The number of hydrogen-bond donors (Lipinski definition) is 2. The molecule has 2 fully saturated rings. The lowest BCUT2D eigenvalue weighted by Crippen LogP contribution is -2.30. The quantitative estimate of drug-likeness (QED) is 0.491. The van der Waals surface area contributed by atoms with Crippen molar-refractivity contribution in [3.63, 3.8) is 0 Å². The smallest absolute Gasteiger partial charge is 0.332 e. The van der Waals surface area contributed by atoms with Crippen molar-refractivity contribution in [3.05, 3.63) is 12.2 Å². The van der Waals surface area contributed by atoms with Crippen molar-refractivity contribution >= 4 is 11.7 Å². The summed E-state index contributed by atoms with van der Waals surface area (Å²) in [5.41, 5.74) is 8.50. The van der Waals surface area contributed by atoms with Gasteiger partial charge in [-0.05, 0) is 37.0 Å². The van der Waals surface area contributed by atoms with Gasteiger partial charge in [0.25, 0.3) is 0 Å². The number of amides is 2. The Bertz CT molecular complexity index is 361. The number of urea groups is 1. The lowest BCUT2D eigenvalue weighted by atomic mass is 9.80. The van der Waals surface area contributed by atoms with Crippen LogP contribution in [0.25, 0.3) is 0 Å². The second-order valence-corrected chi connectivity index (χ2v) is 4.79. The normalized spacial score (nSPS) is 43.6. The molecule has 3 N–H and O–H groups in total. The molecule has 2 amide bonds. The van der Waals surface area contributed by atoms with Gasteiger partial charge in [0.1, 0.15) is 0 Å². The number of allylic oxidation sites excluding steroid dienone is 2. The zero-order valence-corrected chi connectivity index (χ0v) is 8.52. The van der Waals surface area contributed by atoms with Gasteiger partial charge in [-0.2, -0.15) is 5.10 Å². The molecule has 0 heterocycles. The minimum Gasteiger partial charge on any atom is -0.350 e. The summed E-state index contributed by atoms with van der Waals surface area (Å²) in [5.74, 6) is 2.87. The number of hydrazone groups is 1. The number of carbonyl (C=O) groups is 1. The van der Waals surface area contributed by atoms with E-state index < -0.39 is 6.03 Å². The van der Waals surface area contributed by atoms with Crippen molar-refractivity contribution in [2.45, 2.75) is 19.3 Å². The number of fused-ring (bicyclic) bond motifs is 5. The van der Waals surface area contributed by atoms with E-state index in [2.05, 4.69) is 22.7 Å². The van der Waals surface area contributed by atoms with Crippen molar-refractivity contribution in [1.82, 2.24) is 5.43 Å². The average Bonchev–Trinajstić information content (AvgIpc) is 2.86. The van der Waals surface area contributed by atoms with Crippen LogP contribution in [-0.4, -0.2) is 11.7 Å². The van der Waals surface area contributed by atoms with Gasteiger partial charge in [0.2, 0.25) is 0 Å². The van der Waals surface area contributed by atoms with Gasteiger partial charge in [-0.3, -0.25) is 0 Å². The summed E-state index contributed by atoms with van der Waals surface area (Å²) in [5, 5.41) is 4.12. The molecule has 4 nitrogen and oxygen atoms in total. The molecule has 2 bridgehead atoms. The monoisotopic (exact) mass is 205 g/mol. The van der Waals surface area contributed by atoms with E-state index in [1.807, 2.05) is 0 Å². The van der Waals surface area contributed by atoms with Gasteiger partial charge in [-0.25, -0.2) is 10.2 Å². The Kier molecular flexibility index (Phi) is 1.84. The highest BCUT2D eigenvalue weighted by Gasteiger charge is 2.50. The van der Waals surface area contributed by atoms with Crippen LogP contribution in [-0.2, 0) is 0 Å². The van der Waals surface area contributed by atoms with Crippen LogP contribution in [0.15, 0.2) is 17.3 Å². The Balaban J connectivity index is 1.78. The summed E-state index contributed by atoms with van der Waals surface area (Å²) in [6.07, 6.45) is 8.16. The molecule has 80 valence electrons. The predicted molar refractivity (Wildman–Crippen MR) is 57.1 cm³/mol. The van der Waals surface area contributed by atoms with E-state index in [1.54, 1.807) is 0 Å². The first-order valence-electron chi connectivity index (χ1n) is 5.54. The maximum Gasteiger partial charge on any atom is 0.332 e. The molecule has 0 radical (unpaired) electrons. The first-order valence-corrected chi connectivity index (χ1v) is 5.54. The molecule has 4 heteroatoms. The molecular formula is C11H15N3O.